The Morgan fingerprint density at radius 1 is 1.06 bits per heavy atom. The molecule has 0 amide bonds. The molecule has 33 heavy (non-hydrogen) atoms. The van der Waals surface area contributed by atoms with Crippen LogP contribution in [0.5, 0.6) is 5.75 Å². The van der Waals surface area contributed by atoms with E-state index in [0.29, 0.717) is 25.6 Å². The van der Waals surface area contributed by atoms with Crippen LogP contribution in [0.1, 0.15) is 76.5 Å². The zero-order valence-electron chi connectivity index (χ0n) is 20.8. The molecule has 0 spiro atoms. The van der Waals surface area contributed by atoms with Gasteiger partial charge in [-0.3, -0.25) is 4.39 Å². The van der Waals surface area contributed by atoms with Gasteiger partial charge in [-0.25, -0.2) is 4.79 Å². The number of ether oxygens (including phenoxy) is 2. The van der Waals surface area contributed by atoms with Gasteiger partial charge in [0.25, 0.3) is 0 Å². The Morgan fingerprint density at radius 2 is 1.79 bits per heavy atom. The molecule has 0 aliphatic carbocycles. The lowest BCUT2D eigenvalue weighted by molar-refractivity contribution is -0.137. The SMILES string of the molecule is CCOC(=O)/C=C(C)/C=C/c1ccccc1-c1cc(C(C)C)cc(C(C)C)c1OCCCF. The minimum absolute atomic E-state index is 0.264. The lowest BCUT2D eigenvalue weighted by Crippen LogP contribution is -2.06. The molecule has 0 radical (unpaired) electrons. The van der Waals surface area contributed by atoms with Crippen molar-refractivity contribution in [1.82, 2.24) is 0 Å². The number of rotatable bonds is 11. The average molecular weight is 453 g/mol. The van der Waals surface area contributed by atoms with E-state index in [1.807, 2.05) is 37.3 Å². The van der Waals surface area contributed by atoms with Gasteiger partial charge < -0.3 is 9.47 Å². The van der Waals surface area contributed by atoms with Crippen molar-refractivity contribution in [1.29, 1.82) is 0 Å². The normalized spacial score (nSPS) is 12.1. The van der Waals surface area contributed by atoms with Gasteiger partial charge in [-0.1, -0.05) is 70.2 Å². The Bertz CT molecular complexity index is 986. The highest BCUT2D eigenvalue weighted by Crippen LogP contribution is 2.41. The predicted octanol–water partition coefficient (Wildman–Crippen LogP) is 7.86. The first-order valence-corrected chi connectivity index (χ1v) is 11.8. The fourth-order valence-electron chi connectivity index (χ4n) is 3.55. The van der Waals surface area contributed by atoms with Crippen LogP contribution in [-0.4, -0.2) is 25.9 Å². The van der Waals surface area contributed by atoms with Gasteiger partial charge in [0.05, 0.1) is 19.9 Å². The van der Waals surface area contributed by atoms with Gasteiger partial charge in [0.2, 0.25) is 0 Å². The highest BCUT2D eigenvalue weighted by Gasteiger charge is 2.19. The average Bonchev–Trinajstić information content (AvgIpc) is 2.77. The second-order valence-electron chi connectivity index (χ2n) is 8.75. The molecule has 0 N–H and O–H groups in total. The summed E-state index contributed by atoms with van der Waals surface area (Å²) in [6, 6.07) is 12.5. The molecule has 0 unspecified atom stereocenters. The molecule has 0 saturated carbocycles. The molecule has 178 valence electrons. The topological polar surface area (TPSA) is 35.5 Å². The van der Waals surface area contributed by atoms with E-state index in [-0.39, 0.29) is 11.9 Å². The maximum Gasteiger partial charge on any atom is 0.330 e. The Morgan fingerprint density at radius 3 is 2.42 bits per heavy atom. The number of esters is 1. The van der Waals surface area contributed by atoms with E-state index in [1.165, 1.54) is 11.6 Å². The molecule has 0 bridgehead atoms. The first kappa shape index (κ1) is 26.4. The summed E-state index contributed by atoms with van der Waals surface area (Å²) < 4.78 is 24.0. The number of hydrogen-bond donors (Lipinski definition) is 0. The molecule has 2 aromatic rings. The van der Waals surface area contributed by atoms with Gasteiger partial charge in [0.1, 0.15) is 5.75 Å². The van der Waals surface area contributed by atoms with Gasteiger partial charge in [0, 0.05) is 18.1 Å². The Balaban J connectivity index is 2.61. The quantitative estimate of drug-likeness (QED) is 0.151. The van der Waals surface area contributed by atoms with E-state index < -0.39 is 6.67 Å². The van der Waals surface area contributed by atoms with Crippen molar-refractivity contribution in [3.8, 4) is 16.9 Å². The molecular weight excluding hydrogens is 415 g/mol. The van der Waals surface area contributed by atoms with Crippen LogP contribution in [0.4, 0.5) is 4.39 Å². The minimum Gasteiger partial charge on any atom is -0.493 e. The summed E-state index contributed by atoms with van der Waals surface area (Å²) in [5, 5.41) is 0. The monoisotopic (exact) mass is 452 g/mol. The highest BCUT2D eigenvalue weighted by atomic mass is 19.1. The summed E-state index contributed by atoms with van der Waals surface area (Å²) in [6.07, 6.45) is 5.77. The standard InChI is InChI=1S/C29H37FO3/c1-7-32-28(31)17-22(6)13-14-23-11-8-9-12-25(23)27-19-24(20(2)3)18-26(21(4)5)29(27)33-16-10-15-30/h8-9,11-14,17-21H,7,10,15-16H2,1-6H3/b14-13+,22-17+. The van der Waals surface area contributed by atoms with Crippen molar-refractivity contribution in [3.63, 3.8) is 0 Å². The molecular formula is C29H37FO3. The van der Waals surface area contributed by atoms with Gasteiger partial charge in [0.15, 0.2) is 0 Å². The van der Waals surface area contributed by atoms with Crippen LogP contribution in [0.15, 0.2) is 54.1 Å². The fourth-order valence-corrected chi connectivity index (χ4v) is 3.55. The third kappa shape index (κ3) is 7.59. The van der Waals surface area contributed by atoms with Crippen LogP contribution in [0.3, 0.4) is 0 Å². The number of carbonyl (C=O) groups is 1. The molecule has 0 saturated heterocycles. The largest absolute Gasteiger partial charge is 0.493 e. The van der Waals surface area contributed by atoms with Crippen LogP contribution in [0.2, 0.25) is 0 Å². The number of halogens is 1. The summed E-state index contributed by atoms with van der Waals surface area (Å²) in [5.74, 6) is 1.10. The van der Waals surface area contributed by atoms with Gasteiger partial charge in [-0.05, 0) is 59.6 Å². The lowest BCUT2D eigenvalue weighted by Gasteiger charge is -2.22. The fraction of sp³-hybridized carbons (Fsp3) is 0.414. The zero-order valence-corrected chi connectivity index (χ0v) is 20.8. The first-order valence-electron chi connectivity index (χ1n) is 11.8. The molecule has 4 heteroatoms. The number of allylic oxidation sites excluding steroid dienone is 2. The van der Waals surface area contributed by atoms with Crippen LogP contribution < -0.4 is 4.74 Å². The number of alkyl halides is 1. The van der Waals surface area contributed by atoms with E-state index in [1.54, 1.807) is 6.92 Å². The van der Waals surface area contributed by atoms with Crippen LogP contribution >= 0.6 is 0 Å². The summed E-state index contributed by atoms with van der Waals surface area (Å²) >= 11 is 0. The first-order chi connectivity index (χ1) is 15.8. The summed E-state index contributed by atoms with van der Waals surface area (Å²) in [5.41, 5.74) is 6.24. The molecule has 2 aromatic carbocycles. The predicted molar refractivity (Wildman–Crippen MR) is 136 cm³/mol. The van der Waals surface area contributed by atoms with Gasteiger partial charge in [-0.15, -0.1) is 0 Å². The Hall–Kier alpha value is -2.88. The van der Waals surface area contributed by atoms with Gasteiger partial charge >= 0.3 is 5.97 Å². The maximum atomic E-state index is 12.8. The number of hydrogen-bond acceptors (Lipinski definition) is 3. The number of carbonyl (C=O) groups excluding carboxylic acids is 1. The molecule has 0 fully saturated rings. The van der Waals surface area contributed by atoms with E-state index >= 15 is 0 Å². The van der Waals surface area contributed by atoms with Crippen LogP contribution in [-0.2, 0) is 9.53 Å². The van der Waals surface area contributed by atoms with Crippen LogP contribution in [0.25, 0.3) is 17.2 Å². The zero-order chi connectivity index (χ0) is 24.4. The van der Waals surface area contributed by atoms with E-state index in [0.717, 1.165) is 33.6 Å². The molecule has 0 aliphatic heterocycles. The maximum absolute atomic E-state index is 12.8. The minimum atomic E-state index is -0.401. The van der Waals surface area contributed by atoms with Crippen molar-refractivity contribution < 1.29 is 18.7 Å². The third-order valence-corrected chi connectivity index (χ3v) is 5.36. The summed E-state index contributed by atoms with van der Waals surface area (Å²) in [6.45, 7) is 12.6. The van der Waals surface area contributed by atoms with Crippen molar-refractivity contribution >= 4 is 12.0 Å². The summed E-state index contributed by atoms with van der Waals surface area (Å²) in [4.78, 5) is 11.7. The second kappa shape index (κ2) is 13.0. The van der Waals surface area contributed by atoms with Crippen molar-refractivity contribution in [2.45, 2.75) is 59.8 Å². The molecule has 2 rings (SSSR count). The highest BCUT2D eigenvalue weighted by molar-refractivity contribution is 5.84. The van der Waals surface area contributed by atoms with Crippen molar-refractivity contribution in [2.75, 3.05) is 19.9 Å². The van der Waals surface area contributed by atoms with Crippen molar-refractivity contribution in [2.24, 2.45) is 0 Å². The second-order valence-corrected chi connectivity index (χ2v) is 8.75. The Kier molecular flexibility index (Phi) is 10.4. The van der Waals surface area contributed by atoms with Crippen molar-refractivity contribution in [3.05, 3.63) is 70.8 Å². The molecule has 0 atom stereocenters. The lowest BCUT2D eigenvalue weighted by atomic mass is 9.88. The molecule has 3 nitrogen and oxygen atoms in total. The summed E-state index contributed by atoms with van der Waals surface area (Å²) in [7, 11) is 0. The number of benzene rings is 2. The van der Waals surface area contributed by atoms with Gasteiger partial charge in [-0.2, -0.15) is 0 Å². The van der Waals surface area contributed by atoms with E-state index in [9.17, 15) is 9.18 Å². The third-order valence-electron chi connectivity index (χ3n) is 5.36. The van der Waals surface area contributed by atoms with E-state index in [2.05, 4.69) is 45.9 Å². The van der Waals surface area contributed by atoms with Crippen LogP contribution in [0, 0.1) is 0 Å². The van der Waals surface area contributed by atoms with E-state index in [4.69, 9.17) is 9.47 Å². The smallest absolute Gasteiger partial charge is 0.330 e. The Labute approximate surface area is 198 Å². The molecule has 0 aliphatic rings. The molecule has 0 aromatic heterocycles. The molecule has 0 heterocycles.